The van der Waals surface area contributed by atoms with E-state index < -0.39 is 0 Å². The van der Waals surface area contributed by atoms with Crippen LogP contribution in [-0.4, -0.2) is 38.3 Å². The van der Waals surface area contributed by atoms with Crippen LogP contribution in [0, 0.1) is 12.8 Å². The van der Waals surface area contributed by atoms with Crippen LogP contribution < -0.4 is 5.32 Å². The molecule has 2 atom stereocenters. The highest BCUT2D eigenvalue weighted by Gasteiger charge is 2.32. The number of hydrogen-bond acceptors (Lipinski definition) is 7. The number of aromatic nitrogens is 5. The SMILES string of the molecule is CCc1nc(NC[C@@H]2CCO[C@@H]2c2n[nH]c(C)n2)c2ccsc2n1. The molecule has 3 aromatic heterocycles. The van der Waals surface area contributed by atoms with E-state index in [-0.39, 0.29) is 6.10 Å². The fourth-order valence-corrected chi connectivity index (χ4v) is 3.82. The number of anilines is 1. The van der Waals surface area contributed by atoms with Crippen LogP contribution in [0.25, 0.3) is 10.2 Å². The van der Waals surface area contributed by atoms with Gasteiger partial charge in [-0.15, -0.1) is 11.3 Å². The Kier molecular flexibility index (Phi) is 4.15. The number of ether oxygens (including phenoxy) is 1. The molecule has 7 nitrogen and oxygen atoms in total. The largest absolute Gasteiger partial charge is 0.370 e. The fourth-order valence-electron chi connectivity index (χ4n) is 3.04. The highest BCUT2D eigenvalue weighted by molar-refractivity contribution is 7.16. The van der Waals surface area contributed by atoms with E-state index in [2.05, 4.69) is 48.8 Å². The highest BCUT2D eigenvalue weighted by atomic mass is 32.1. The Bertz CT molecular complexity index is 844. The number of H-pyrrole nitrogens is 1. The number of hydrogen-bond donors (Lipinski definition) is 2. The molecule has 0 unspecified atom stereocenters. The van der Waals surface area contributed by atoms with Gasteiger partial charge in [-0.25, -0.2) is 15.0 Å². The lowest BCUT2D eigenvalue weighted by molar-refractivity contribution is 0.0863. The summed E-state index contributed by atoms with van der Waals surface area (Å²) >= 11 is 1.65. The van der Waals surface area contributed by atoms with Gasteiger partial charge in [0, 0.05) is 25.5 Å². The first kappa shape index (κ1) is 15.5. The molecule has 2 N–H and O–H groups in total. The van der Waals surface area contributed by atoms with E-state index in [1.165, 1.54) is 0 Å². The summed E-state index contributed by atoms with van der Waals surface area (Å²) in [5.41, 5.74) is 0. The maximum Gasteiger partial charge on any atom is 0.179 e. The molecule has 126 valence electrons. The molecule has 3 aromatic rings. The molecule has 1 aliphatic heterocycles. The minimum atomic E-state index is -0.0621. The molecule has 1 saturated heterocycles. The minimum Gasteiger partial charge on any atom is -0.370 e. The summed E-state index contributed by atoms with van der Waals surface area (Å²) in [4.78, 5) is 14.7. The van der Waals surface area contributed by atoms with Crippen molar-refractivity contribution in [2.75, 3.05) is 18.5 Å². The van der Waals surface area contributed by atoms with Crippen molar-refractivity contribution in [3.05, 3.63) is 28.9 Å². The first-order valence-corrected chi connectivity index (χ1v) is 9.11. The molecule has 4 heterocycles. The summed E-state index contributed by atoms with van der Waals surface area (Å²) < 4.78 is 5.86. The standard InChI is InChI=1S/C16H20N6OS/c1-3-12-19-14(11-5-7-24-16(11)20-12)17-8-10-4-6-23-13(10)15-18-9(2)21-22-15/h5,7,10,13H,3-4,6,8H2,1-2H3,(H,17,19,20)(H,18,21,22)/t10-,13-/m0/s1. The molecule has 0 aliphatic carbocycles. The molecule has 0 amide bonds. The number of aryl methyl sites for hydroxylation is 2. The number of nitrogens with zero attached hydrogens (tertiary/aromatic N) is 4. The fraction of sp³-hybridized carbons (Fsp3) is 0.500. The topological polar surface area (TPSA) is 88.6 Å². The molecule has 8 heteroatoms. The van der Waals surface area contributed by atoms with Crippen molar-refractivity contribution in [3.63, 3.8) is 0 Å². The number of rotatable bonds is 5. The van der Waals surface area contributed by atoms with E-state index >= 15 is 0 Å². The molecule has 1 aliphatic rings. The second-order valence-corrected chi connectivity index (χ2v) is 6.88. The maximum absolute atomic E-state index is 5.86. The van der Waals surface area contributed by atoms with Crippen molar-refractivity contribution < 1.29 is 4.74 Å². The quantitative estimate of drug-likeness (QED) is 0.740. The van der Waals surface area contributed by atoms with Gasteiger partial charge in [0.1, 0.15) is 28.4 Å². The zero-order valence-electron chi connectivity index (χ0n) is 13.7. The number of thiophene rings is 1. The van der Waals surface area contributed by atoms with Crippen molar-refractivity contribution in [1.29, 1.82) is 0 Å². The van der Waals surface area contributed by atoms with Gasteiger partial charge in [-0.3, -0.25) is 5.10 Å². The lowest BCUT2D eigenvalue weighted by Gasteiger charge is -2.17. The normalized spacial score (nSPS) is 20.8. The van der Waals surface area contributed by atoms with Crippen LogP contribution in [0.3, 0.4) is 0 Å². The van der Waals surface area contributed by atoms with Gasteiger partial charge in [-0.2, -0.15) is 5.10 Å². The van der Waals surface area contributed by atoms with Gasteiger partial charge in [0.25, 0.3) is 0 Å². The summed E-state index contributed by atoms with van der Waals surface area (Å²) in [6.07, 6.45) is 1.76. The molecular formula is C16H20N6OS. The van der Waals surface area contributed by atoms with Crippen molar-refractivity contribution in [2.45, 2.75) is 32.8 Å². The summed E-state index contributed by atoms with van der Waals surface area (Å²) in [5.74, 6) is 3.67. The predicted octanol–water partition coefficient (Wildman–Crippen LogP) is 2.87. The third-order valence-electron chi connectivity index (χ3n) is 4.30. The monoisotopic (exact) mass is 344 g/mol. The third kappa shape index (κ3) is 2.87. The van der Waals surface area contributed by atoms with Crippen LogP contribution >= 0.6 is 11.3 Å². The van der Waals surface area contributed by atoms with E-state index in [0.717, 1.165) is 59.5 Å². The molecule has 4 rings (SSSR count). The van der Waals surface area contributed by atoms with E-state index in [4.69, 9.17) is 4.74 Å². The van der Waals surface area contributed by atoms with Crippen LogP contribution in [0.15, 0.2) is 11.4 Å². The molecule has 24 heavy (non-hydrogen) atoms. The molecule has 0 saturated carbocycles. The Hall–Kier alpha value is -2.06. The van der Waals surface area contributed by atoms with Crippen molar-refractivity contribution in [2.24, 2.45) is 5.92 Å². The molecular weight excluding hydrogens is 324 g/mol. The zero-order valence-corrected chi connectivity index (χ0v) is 14.6. The smallest absolute Gasteiger partial charge is 0.179 e. The molecule has 0 aromatic carbocycles. The van der Waals surface area contributed by atoms with Gasteiger partial charge in [0.15, 0.2) is 5.82 Å². The Morgan fingerprint density at radius 1 is 1.38 bits per heavy atom. The molecule has 0 radical (unpaired) electrons. The van der Waals surface area contributed by atoms with E-state index in [0.29, 0.717) is 5.92 Å². The van der Waals surface area contributed by atoms with Crippen LogP contribution in [0.1, 0.15) is 36.9 Å². The van der Waals surface area contributed by atoms with Gasteiger partial charge >= 0.3 is 0 Å². The van der Waals surface area contributed by atoms with Crippen molar-refractivity contribution in [3.8, 4) is 0 Å². The first-order valence-electron chi connectivity index (χ1n) is 8.23. The lowest BCUT2D eigenvalue weighted by Crippen LogP contribution is -2.19. The minimum absolute atomic E-state index is 0.0621. The summed E-state index contributed by atoms with van der Waals surface area (Å²) in [6, 6.07) is 2.07. The van der Waals surface area contributed by atoms with E-state index in [1.807, 2.05) is 6.92 Å². The average molecular weight is 344 g/mol. The Morgan fingerprint density at radius 3 is 3.08 bits per heavy atom. The molecule has 1 fully saturated rings. The van der Waals surface area contributed by atoms with Crippen molar-refractivity contribution >= 4 is 27.4 Å². The average Bonchev–Trinajstić information content (AvgIpc) is 3.32. The zero-order chi connectivity index (χ0) is 16.5. The van der Waals surface area contributed by atoms with Gasteiger partial charge in [-0.05, 0) is 24.8 Å². The summed E-state index contributed by atoms with van der Waals surface area (Å²) in [6.45, 7) is 5.50. The summed E-state index contributed by atoms with van der Waals surface area (Å²) in [5, 5.41) is 13.8. The second-order valence-electron chi connectivity index (χ2n) is 5.98. The highest BCUT2D eigenvalue weighted by Crippen LogP contribution is 2.33. The Labute approximate surface area is 143 Å². The number of nitrogens with one attached hydrogen (secondary N) is 2. The third-order valence-corrected chi connectivity index (χ3v) is 5.11. The van der Waals surface area contributed by atoms with E-state index in [1.54, 1.807) is 11.3 Å². The molecule has 0 spiro atoms. The first-order chi connectivity index (χ1) is 11.7. The lowest BCUT2D eigenvalue weighted by atomic mass is 10.0. The summed E-state index contributed by atoms with van der Waals surface area (Å²) in [7, 11) is 0. The van der Waals surface area contributed by atoms with Crippen LogP contribution in [0.4, 0.5) is 5.82 Å². The van der Waals surface area contributed by atoms with Gasteiger partial charge < -0.3 is 10.1 Å². The van der Waals surface area contributed by atoms with Gasteiger partial charge in [-0.1, -0.05) is 6.92 Å². The Balaban J connectivity index is 1.53. The second kappa shape index (κ2) is 6.45. The predicted molar refractivity (Wildman–Crippen MR) is 93.2 cm³/mol. The van der Waals surface area contributed by atoms with Crippen molar-refractivity contribution in [1.82, 2.24) is 25.1 Å². The van der Waals surface area contributed by atoms with E-state index in [9.17, 15) is 0 Å². The number of aromatic amines is 1. The molecule has 0 bridgehead atoms. The van der Waals surface area contributed by atoms with Crippen LogP contribution in [0.5, 0.6) is 0 Å². The Morgan fingerprint density at radius 2 is 2.29 bits per heavy atom. The van der Waals surface area contributed by atoms with Gasteiger partial charge in [0.05, 0.1) is 5.39 Å². The van der Waals surface area contributed by atoms with Crippen LogP contribution in [0.2, 0.25) is 0 Å². The maximum atomic E-state index is 5.86. The number of fused-ring (bicyclic) bond motifs is 1. The van der Waals surface area contributed by atoms with Crippen LogP contribution in [-0.2, 0) is 11.2 Å². The van der Waals surface area contributed by atoms with Gasteiger partial charge in [0.2, 0.25) is 0 Å².